The van der Waals surface area contributed by atoms with E-state index in [1.807, 2.05) is 31.2 Å². The van der Waals surface area contributed by atoms with Gasteiger partial charge in [0.25, 0.3) is 0 Å². The van der Waals surface area contributed by atoms with Crippen molar-refractivity contribution in [2.75, 3.05) is 0 Å². The SMILES string of the molecule is Cc1[nH]c2ccccc2c1C(=O)[C@H](C)OC(=O)c1ccccc1O. The van der Waals surface area contributed by atoms with Gasteiger partial charge in [0.15, 0.2) is 6.10 Å². The summed E-state index contributed by atoms with van der Waals surface area (Å²) in [6.07, 6.45) is -0.963. The van der Waals surface area contributed by atoms with Crippen LogP contribution >= 0.6 is 0 Å². The molecule has 0 saturated carbocycles. The summed E-state index contributed by atoms with van der Waals surface area (Å²) in [5.41, 5.74) is 2.14. The van der Waals surface area contributed by atoms with Gasteiger partial charge in [0.05, 0.1) is 0 Å². The average Bonchev–Trinajstić information content (AvgIpc) is 2.90. The zero-order chi connectivity index (χ0) is 17.3. The number of aromatic amines is 1. The van der Waals surface area contributed by atoms with Gasteiger partial charge in [-0.3, -0.25) is 4.79 Å². The highest BCUT2D eigenvalue weighted by atomic mass is 16.5. The summed E-state index contributed by atoms with van der Waals surface area (Å²) in [5, 5.41) is 10.5. The van der Waals surface area contributed by atoms with Crippen LogP contribution in [-0.4, -0.2) is 27.9 Å². The zero-order valence-corrected chi connectivity index (χ0v) is 13.4. The van der Waals surface area contributed by atoms with Crippen molar-refractivity contribution < 1.29 is 19.4 Å². The number of para-hydroxylation sites is 2. The molecule has 0 unspecified atom stereocenters. The molecule has 1 aromatic heterocycles. The molecule has 0 spiro atoms. The minimum atomic E-state index is -0.963. The van der Waals surface area contributed by atoms with Gasteiger partial charge in [0, 0.05) is 22.2 Å². The summed E-state index contributed by atoms with van der Waals surface area (Å²) in [6, 6.07) is 13.5. The lowest BCUT2D eigenvalue weighted by Gasteiger charge is -2.13. The first-order valence-electron chi connectivity index (χ1n) is 7.59. The molecule has 0 radical (unpaired) electrons. The standard InChI is InChI=1S/C19H17NO4/c1-11-17(13-7-3-5-9-15(13)20-11)18(22)12(2)24-19(23)14-8-4-6-10-16(14)21/h3-10,12,20-21H,1-2H3/t12-/m0/s1. The molecule has 24 heavy (non-hydrogen) atoms. The maximum absolute atomic E-state index is 12.7. The first kappa shape index (κ1) is 15.8. The quantitative estimate of drug-likeness (QED) is 0.568. The van der Waals surface area contributed by atoms with E-state index in [-0.39, 0.29) is 17.1 Å². The van der Waals surface area contributed by atoms with Gasteiger partial charge in [-0.05, 0) is 32.0 Å². The van der Waals surface area contributed by atoms with Crippen LogP contribution < -0.4 is 0 Å². The Morgan fingerprint density at radius 2 is 1.75 bits per heavy atom. The van der Waals surface area contributed by atoms with Gasteiger partial charge in [-0.15, -0.1) is 0 Å². The number of hydrogen-bond acceptors (Lipinski definition) is 4. The molecule has 5 heteroatoms. The zero-order valence-electron chi connectivity index (χ0n) is 13.4. The number of nitrogens with one attached hydrogen (secondary N) is 1. The van der Waals surface area contributed by atoms with E-state index in [4.69, 9.17) is 4.74 Å². The lowest BCUT2D eigenvalue weighted by Crippen LogP contribution is -2.25. The van der Waals surface area contributed by atoms with Crippen molar-refractivity contribution in [3.05, 3.63) is 65.4 Å². The molecule has 2 aromatic carbocycles. The van der Waals surface area contributed by atoms with Gasteiger partial charge in [0.1, 0.15) is 11.3 Å². The minimum absolute atomic E-state index is 0.0350. The van der Waals surface area contributed by atoms with Crippen LogP contribution in [0.4, 0.5) is 0 Å². The lowest BCUT2D eigenvalue weighted by molar-refractivity contribution is 0.0316. The number of carbonyl (C=O) groups excluding carboxylic acids is 2. The highest BCUT2D eigenvalue weighted by Crippen LogP contribution is 2.24. The summed E-state index contributed by atoms with van der Waals surface area (Å²) < 4.78 is 5.24. The minimum Gasteiger partial charge on any atom is -0.507 e. The molecule has 0 saturated heterocycles. The van der Waals surface area contributed by atoms with Crippen LogP contribution in [0, 0.1) is 6.92 Å². The number of aryl methyl sites for hydroxylation is 1. The van der Waals surface area contributed by atoms with Crippen LogP contribution in [-0.2, 0) is 4.74 Å². The fourth-order valence-electron chi connectivity index (χ4n) is 2.72. The van der Waals surface area contributed by atoms with Crippen LogP contribution in [0.3, 0.4) is 0 Å². The molecule has 5 nitrogen and oxygen atoms in total. The normalized spacial score (nSPS) is 12.1. The average molecular weight is 323 g/mol. The highest BCUT2D eigenvalue weighted by molar-refractivity contribution is 6.11. The maximum atomic E-state index is 12.7. The molecule has 0 aliphatic carbocycles. The molecule has 3 aromatic rings. The van der Waals surface area contributed by atoms with Crippen molar-refractivity contribution in [2.45, 2.75) is 20.0 Å². The molecule has 1 atom stereocenters. The van der Waals surface area contributed by atoms with Gasteiger partial charge in [0.2, 0.25) is 5.78 Å². The number of rotatable bonds is 4. The molecular weight excluding hydrogens is 306 g/mol. The number of hydrogen-bond donors (Lipinski definition) is 2. The number of benzene rings is 2. The Morgan fingerprint density at radius 3 is 2.50 bits per heavy atom. The van der Waals surface area contributed by atoms with Crippen LogP contribution in [0.2, 0.25) is 0 Å². The summed E-state index contributed by atoms with van der Waals surface area (Å²) >= 11 is 0. The van der Waals surface area contributed by atoms with Crippen LogP contribution in [0.5, 0.6) is 5.75 Å². The predicted octanol–water partition coefficient (Wildman–Crippen LogP) is 3.61. The van der Waals surface area contributed by atoms with Gasteiger partial charge in [-0.1, -0.05) is 30.3 Å². The third-order valence-corrected chi connectivity index (χ3v) is 3.92. The predicted molar refractivity (Wildman–Crippen MR) is 90.4 cm³/mol. The lowest BCUT2D eigenvalue weighted by atomic mass is 10.0. The molecule has 0 aliphatic rings. The summed E-state index contributed by atoms with van der Waals surface area (Å²) in [4.78, 5) is 28.0. The molecule has 1 heterocycles. The fourth-order valence-corrected chi connectivity index (χ4v) is 2.72. The topological polar surface area (TPSA) is 79.4 Å². The Labute approximate surface area is 138 Å². The number of phenolic OH excluding ortho intramolecular Hbond substituents is 1. The van der Waals surface area contributed by atoms with Crippen molar-refractivity contribution >= 4 is 22.7 Å². The number of carbonyl (C=O) groups is 2. The molecule has 3 rings (SSSR count). The van der Waals surface area contributed by atoms with E-state index in [0.29, 0.717) is 5.56 Å². The van der Waals surface area contributed by atoms with E-state index >= 15 is 0 Å². The number of Topliss-reactive ketones (excluding diaryl/α,β-unsaturated/α-hetero) is 1. The number of aromatic nitrogens is 1. The Kier molecular flexibility index (Phi) is 4.08. The molecule has 0 fully saturated rings. The molecular formula is C19H17NO4. The summed E-state index contributed by atoms with van der Waals surface area (Å²) in [7, 11) is 0. The third-order valence-electron chi connectivity index (χ3n) is 3.92. The maximum Gasteiger partial charge on any atom is 0.342 e. The van der Waals surface area contributed by atoms with E-state index in [2.05, 4.69) is 4.98 Å². The Bertz CT molecular complexity index is 926. The van der Waals surface area contributed by atoms with Crippen molar-refractivity contribution in [3.8, 4) is 5.75 Å². The Balaban J connectivity index is 1.86. The van der Waals surface area contributed by atoms with Crippen molar-refractivity contribution in [3.63, 3.8) is 0 Å². The summed E-state index contributed by atoms with van der Waals surface area (Å²) in [5.74, 6) is -1.19. The molecule has 122 valence electrons. The second-order valence-electron chi connectivity index (χ2n) is 5.60. The number of aromatic hydroxyl groups is 1. The summed E-state index contributed by atoms with van der Waals surface area (Å²) in [6.45, 7) is 3.34. The van der Waals surface area contributed by atoms with E-state index < -0.39 is 12.1 Å². The highest BCUT2D eigenvalue weighted by Gasteiger charge is 2.25. The third kappa shape index (κ3) is 2.76. The van der Waals surface area contributed by atoms with Gasteiger partial charge in [-0.25, -0.2) is 4.79 Å². The number of phenols is 1. The largest absolute Gasteiger partial charge is 0.507 e. The fraction of sp³-hybridized carbons (Fsp3) is 0.158. The smallest absolute Gasteiger partial charge is 0.342 e. The van der Waals surface area contributed by atoms with Crippen LogP contribution in [0.15, 0.2) is 48.5 Å². The van der Waals surface area contributed by atoms with Crippen LogP contribution in [0.1, 0.15) is 33.3 Å². The van der Waals surface area contributed by atoms with Gasteiger partial charge in [-0.2, -0.15) is 0 Å². The van der Waals surface area contributed by atoms with Gasteiger partial charge < -0.3 is 14.8 Å². The Hall–Kier alpha value is -3.08. The number of esters is 1. The number of ketones is 1. The van der Waals surface area contributed by atoms with Crippen molar-refractivity contribution in [1.82, 2.24) is 4.98 Å². The van der Waals surface area contributed by atoms with Crippen molar-refractivity contribution in [2.24, 2.45) is 0 Å². The first-order chi connectivity index (χ1) is 11.5. The molecule has 2 N–H and O–H groups in total. The number of fused-ring (bicyclic) bond motifs is 1. The van der Waals surface area contributed by atoms with Crippen LogP contribution in [0.25, 0.3) is 10.9 Å². The first-order valence-corrected chi connectivity index (χ1v) is 7.59. The molecule has 0 bridgehead atoms. The van der Waals surface area contributed by atoms with E-state index in [1.54, 1.807) is 12.1 Å². The van der Waals surface area contributed by atoms with Gasteiger partial charge >= 0.3 is 5.97 Å². The molecule has 0 aliphatic heterocycles. The second-order valence-corrected chi connectivity index (χ2v) is 5.60. The molecule has 0 amide bonds. The van der Waals surface area contributed by atoms with E-state index in [1.165, 1.54) is 19.1 Å². The van der Waals surface area contributed by atoms with E-state index in [0.717, 1.165) is 16.6 Å². The second kappa shape index (κ2) is 6.20. The number of H-pyrrole nitrogens is 1. The number of ether oxygens (including phenoxy) is 1. The van der Waals surface area contributed by atoms with Crippen molar-refractivity contribution in [1.29, 1.82) is 0 Å². The van der Waals surface area contributed by atoms with E-state index in [9.17, 15) is 14.7 Å². The Morgan fingerprint density at radius 1 is 1.08 bits per heavy atom. The monoisotopic (exact) mass is 323 g/mol.